The van der Waals surface area contributed by atoms with Crippen molar-refractivity contribution < 1.29 is 18.0 Å². The molecule has 0 unspecified atom stereocenters. The van der Waals surface area contributed by atoms with Crippen LogP contribution in [0.3, 0.4) is 0 Å². The first-order valence-corrected chi connectivity index (χ1v) is 16.3. The Morgan fingerprint density at radius 2 is 1.41 bits per heavy atom. The highest BCUT2D eigenvalue weighted by atomic mass is 32.2. The Balaban J connectivity index is 1.83. The van der Waals surface area contributed by atoms with E-state index in [0.717, 1.165) is 36.0 Å². The van der Waals surface area contributed by atoms with E-state index in [2.05, 4.69) is 12.2 Å². The predicted octanol–water partition coefficient (Wildman–Crippen LogP) is 5.35. The van der Waals surface area contributed by atoms with Gasteiger partial charge >= 0.3 is 0 Å². The summed E-state index contributed by atoms with van der Waals surface area (Å²) in [5, 5.41) is 3.03. The van der Waals surface area contributed by atoms with Crippen molar-refractivity contribution in [1.82, 2.24) is 10.2 Å². The number of unbranched alkanes of at least 4 members (excludes halogenated alkanes) is 1. The molecule has 0 aromatic heterocycles. The molecule has 0 heterocycles. The fraction of sp³-hybridized carbons (Fsp3) is 0.394. The maximum absolute atomic E-state index is 13.8. The highest BCUT2D eigenvalue weighted by Gasteiger charge is 2.30. The van der Waals surface area contributed by atoms with Gasteiger partial charge < -0.3 is 10.2 Å². The first kappa shape index (κ1) is 31.9. The van der Waals surface area contributed by atoms with Gasteiger partial charge in [0.2, 0.25) is 21.8 Å². The van der Waals surface area contributed by atoms with Crippen molar-refractivity contribution in [2.45, 2.75) is 65.0 Å². The lowest BCUT2D eigenvalue weighted by Crippen LogP contribution is -2.50. The van der Waals surface area contributed by atoms with E-state index in [4.69, 9.17) is 0 Å². The van der Waals surface area contributed by atoms with Gasteiger partial charge in [-0.3, -0.25) is 13.9 Å². The molecule has 3 aromatic carbocycles. The van der Waals surface area contributed by atoms with Gasteiger partial charge in [-0.25, -0.2) is 8.42 Å². The second-order valence-electron chi connectivity index (χ2n) is 10.3. The summed E-state index contributed by atoms with van der Waals surface area (Å²) in [5.41, 5.74) is 3.59. The number of carbonyl (C=O) groups is 2. The minimum Gasteiger partial charge on any atom is -0.354 e. The molecule has 41 heavy (non-hydrogen) atoms. The van der Waals surface area contributed by atoms with E-state index in [-0.39, 0.29) is 31.3 Å². The number of benzene rings is 3. The number of rotatable bonds is 16. The van der Waals surface area contributed by atoms with Crippen molar-refractivity contribution in [3.63, 3.8) is 0 Å². The standard InChI is InChI=1S/C33H43N3O4S/c1-4-6-23-34-33(38)31(25-28-14-9-7-10-15-28)35(26-29-16-11-8-12-17-29)32(37)18-13-24-36(41(3,39)40)30-21-19-27(5-2)20-22-30/h7-12,14-17,19-22,31H,4-6,13,18,23-26H2,1-3H3,(H,34,38)/t31-/m1/s1. The third-order valence-electron chi connectivity index (χ3n) is 7.08. The zero-order valence-corrected chi connectivity index (χ0v) is 25.3. The summed E-state index contributed by atoms with van der Waals surface area (Å²) in [7, 11) is -3.54. The average Bonchev–Trinajstić information content (AvgIpc) is 2.97. The third kappa shape index (κ3) is 10.0. The fourth-order valence-corrected chi connectivity index (χ4v) is 5.71. The van der Waals surface area contributed by atoms with E-state index in [9.17, 15) is 18.0 Å². The SMILES string of the molecule is CCCCNC(=O)[C@@H](Cc1ccccc1)N(Cc1ccccc1)C(=O)CCCN(c1ccc(CC)cc1)S(C)(=O)=O. The van der Waals surface area contributed by atoms with Crippen molar-refractivity contribution in [3.05, 3.63) is 102 Å². The van der Waals surface area contributed by atoms with E-state index in [1.807, 2.05) is 79.7 Å². The van der Waals surface area contributed by atoms with E-state index in [1.165, 1.54) is 10.6 Å². The lowest BCUT2D eigenvalue weighted by molar-refractivity contribution is -0.141. The van der Waals surface area contributed by atoms with Crippen LogP contribution >= 0.6 is 0 Å². The number of nitrogens with one attached hydrogen (secondary N) is 1. The van der Waals surface area contributed by atoms with Gasteiger partial charge in [-0.15, -0.1) is 0 Å². The normalized spacial score (nSPS) is 12.0. The van der Waals surface area contributed by atoms with E-state index in [1.54, 1.807) is 17.0 Å². The van der Waals surface area contributed by atoms with Crippen LogP contribution in [0.2, 0.25) is 0 Å². The molecule has 0 spiro atoms. The van der Waals surface area contributed by atoms with Crippen LogP contribution in [0.15, 0.2) is 84.9 Å². The summed E-state index contributed by atoms with van der Waals surface area (Å²) < 4.78 is 26.6. The monoisotopic (exact) mass is 577 g/mol. The van der Waals surface area contributed by atoms with Crippen LogP contribution < -0.4 is 9.62 Å². The van der Waals surface area contributed by atoms with Crippen molar-refractivity contribution in [2.24, 2.45) is 0 Å². The summed E-state index contributed by atoms with van der Waals surface area (Å²) in [6.45, 7) is 5.12. The molecule has 1 atom stereocenters. The number of hydrogen-bond acceptors (Lipinski definition) is 4. The van der Waals surface area contributed by atoms with Gasteiger partial charge in [0.05, 0.1) is 11.9 Å². The van der Waals surface area contributed by atoms with Crippen molar-refractivity contribution in [1.29, 1.82) is 0 Å². The van der Waals surface area contributed by atoms with E-state index >= 15 is 0 Å². The van der Waals surface area contributed by atoms with Crippen LogP contribution in [0.25, 0.3) is 0 Å². The Labute approximate surface area is 245 Å². The summed E-state index contributed by atoms with van der Waals surface area (Å²) in [4.78, 5) is 29.0. The van der Waals surface area contributed by atoms with Crippen LogP contribution in [0.5, 0.6) is 0 Å². The molecule has 2 amide bonds. The minimum absolute atomic E-state index is 0.111. The van der Waals surface area contributed by atoms with Gasteiger partial charge in [-0.05, 0) is 48.1 Å². The minimum atomic E-state index is -3.54. The lowest BCUT2D eigenvalue weighted by atomic mass is 10.0. The molecule has 0 saturated carbocycles. The Bertz CT molecular complexity index is 1330. The molecule has 8 heteroatoms. The number of amides is 2. The molecule has 0 aliphatic rings. The van der Waals surface area contributed by atoms with Crippen molar-refractivity contribution >= 4 is 27.5 Å². The van der Waals surface area contributed by atoms with E-state index in [0.29, 0.717) is 25.1 Å². The van der Waals surface area contributed by atoms with Gasteiger partial charge in [0.15, 0.2) is 0 Å². The smallest absolute Gasteiger partial charge is 0.243 e. The molecule has 0 aliphatic carbocycles. The average molecular weight is 578 g/mol. The molecule has 1 N–H and O–H groups in total. The zero-order chi connectivity index (χ0) is 29.7. The van der Waals surface area contributed by atoms with Gasteiger partial charge in [0.25, 0.3) is 0 Å². The molecule has 220 valence electrons. The Hall–Kier alpha value is -3.65. The first-order chi connectivity index (χ1) is 19.7. The van der Waals surface area contributed by atoms with Crippen LogP contribution in [-0.2, 0) is 39.0 Å². The summed E-state index contributed by atoms with van der Waals surface area (Å²) in [6, 6.07) is 26.1. The fourth-order valence-electron chi connectivity index (χ4n) is 4.74. The Morgan fingerprint density at radius 3 is 1.98 bits per heavy atom. The molecule has 3 rings (SSSR count). The number of anilines is 1. The molecular formula is C33H43N3O4S. The maximum Gasteiger partial charge on any atom is 0.243 e. The van der Waals surface area contributed by atoms with Gasteiger partial charge in [0, 0.05) is 32.5 Å². The second-order valence-corrected chi connectivity index (χ2v) is 12.2. The second kappa shape index (κ2) is 16.0. The van der Waals surface area contributed by atoms with Crippen LogP contribution in [0.4, 0.5) is 5.69 Å². The number of sulfonamides is 1. The zero-order valence-electron chi connectivity index (χ0n) is 24.5. The highest BCUT2D eigenvalue weighted by molar-refractivity contribution is 7.92. The third-order valence-corrected chi connectivity index (χ3v) is 8.28. The molecule has 0 fully saturated rings. The largest absolute Gasteiger partial charge is 0.354 e. The lowest BCUT2D eigenvalue weighted by Gasteiger charge is -2.32. The van der Waals surface area contributed by atoms with Crippen molar-refractivity contribution in [3.8, 4) is 0 Å². The number of hydrogen-bond donors (Lipinski definition) is 1. The van der Waals surface area contributed by atoms with Crippen LogP contribution in [0, 0.1) is 0 Å². The molecule has 0 bridgehead atoms. The van der Waals surface area contributed by atoms with Crippen molar-refractivity contribution in [2.75, 3.05) is 23.7 Å². The van der Waals surface area contributed by atoms with Gasteiger partial charge in [0.1, 0.15) is 6.04 Å². The predicted molar refractivity (Wildman–Crippen MR) is 166 cm³/mol. The number of carbonyl (C=O) groups excluding carboxylic acids is 2. The summed E-state index contributed by atoms with van der Waals surface area (Å²) in [6.07, 6.45) is 4.67. The van der Waals surface area contributed by atoms with Crippen LogP contribution in [-0.4, -0.2) is 50.5 Å². The van der Waals surface area contributed by atoms with Crippen LogP contribution in [0.1, 0.15) is 56.2 Å². The molecule has 3 aromatic rings. The Kier molecular flexibility index (Phi) is 12.4. The summed E-state index contributed by atoms with van der Waals surface area (Å²) >= 11 is 0. The maximum atomic E-state index is 13.8. The highest BCUT2D eigenvalue weighted by Crippen LogP contribution is 2.21. The first-order valence-electron chi connectivity index (χ1n) is 14.4. The Morgan fingerprint density at radius 1 is 0.805 bits per heavy atom. The van der Waals surface area contributed by atoms with E-state index < -0.39 is 16.1 Å². The number of nitrogens with zero attached hydrogens (tertiary/aromatic N) is 2. The molecular weight excluding hydrogens is 534 g/mol. The molecule has 0 aliphatic heterocycles. The topological polar surface area (TPSA) is 86.8 Å². The molecule has 0 saturated heterocycles. The molecule has 7 nitrogen and oxygen atoms in total. The molecule has 0 radical (unpaired) electrons. The quantitative estimate of drug-likeness (QED) is 0.233. The van der Waals surface area contributed by atoms with Gasteiger partial charge in [-0.2, -0.15) is 0 Å². The van der Waals surface area contributed by atoms with Gasteiger partial charge in [-0.1, -0.05) is 93.1 Å². The summed E-state index contributed by atoms with van der Waals surface area (Å²) in [5.74, 6) is -0.365. The number of aryl methyl sites for hydroxylation is 1.